The summed E-state index contributed by atoms with van der Waals surface area (Å²) in [6.07, 6.45) is 0. The van der Waals surface area contributed by atoms with Crippen LogP contribution in [0, 0.1) is 25.7 Å². The van der Waals surface area contributed by atoms with Crippen LogP contribution in [0.15, 0.2) is 0 Å². The van der Waals surface area contributed by atoms with Crippen LogP contribution in [-0.4, -0.2) is 53.4 Å². The first-order valence-electron chi connectivity index (χ1n) is 8.20. The lowest BCUT2D eigenvalue weighted by Crippen LogP contribution is -2.26. The molecular weight excluding hydrogens is 280 g/mol. The second-order valence-corrected chi connectivity index (χ2v) is 6.48. The van der Waals surface area contributed by atoms with Gasteiger partial charge in [-0.25, -0.2) is 0 Å². The lowest BCUT2D eigenvalue weighted by atomic mass is 10.0. The number of fused-ring (bicyclic) bond motifs is 1. The molecule has 2 aliphatic heterocycles. The molecule has 22 heavy (non-hydrogen) atoms. The normalized spacial score (nSPS) is 24.7. The summed E-state index contributed by atoms with van der Waals surface area (Å²) in [6, 6.07) is 0. The summed E-state index contributed by atoms with van der Waals surface area (Å²) >= 11 is 0. The summed E-state index contributed by atoms with van der Waals surface area (Å²) < 4.78 is 6.80. The lowest BCUT2D eigenvalue weighted by molar-refractivity contribution is -0.144. The second-order valence-electron chi connectivity index (χ2n) is 6.48. The van der Waals surface area contributed by atoms with Gasteiger partial charge in [-0.15, -0.1) is 0 Å². The van der Waals surface area contributed by atoms with Gasteiger partial charge in [0.1, 0.15) is 6.54 Å². The molecule has 3 heterocycles. The first-order chi connectivity index (χ1) is 10.6. The van der Waals surface area contributed by atoms with E-state index in [9.17, 15) is 4.79 Å². The van der Waals surface area contributed by atoms with E-state index in [1.165, 1.54) is 18.7 Å². The molecule has 0 aliphatic carbocycles. The Morgan fingerprint density at radius 1 is 1.32 bits per heavy atom. The molecule has 1 N–H and O–H groups in total. The molecule has 0 radical (unpaired) electrons. The molecule has 0 saturated carbocycles. The Kier molecular flexibility index (Phi) is 4.49. The van der Waals surface area contributed by atoms with Crippen molar-refractivity contribution in [3.8, 4) is 0 Å². The first-order valence-corrected chi connectivity index (χ1v) is 8.20. The van der Waals surface area contributed by atoms with E-state index in [2.05, 4.69) is 15.3 Å². The number of rotatable bonds is 5. The van der Waals surface area contributed by atoms with E-state index in [-0.39, 0.29) is 12.5 Å². The van der Waals surface area contributed by atoms with E-state index < -0.39 is 0 Å². The fourth-order valence-corrected chi connectivity index (χ4v) is 3.75. The summed E-state index contributed by atoms with van der Waals surface area (Å²) in [7, 11) is 0. The Morgan fingerprint density at radius 3 is 2.64 bits per heavy atom. The van der Waals surface area contributed by atoms with Gasteiger partial charge < -0.3 is 10.1 Å². The number of esters is 1. The number of likely N-dealkylation sites (tertiary alicyclic amines) is 1. The average Bonchev–Trinajstić information content (AvgIpc) is 3.10. The lowest BCUT2D eigenvalue weighted by Gasteiger charge is -2.17. The molecule has 0 aromatic carbocycles. The maximum atomic E-state index is 11.7. The van der Waals surface area contributed by atoms with Crippen molar-refractivity contribution in [1.82, 2.24) is 20.0 Å². The van der Waals surface area contributed by atoms with Crippen molar-refractivity contribution >= 4 is 5.97 Å². The zero-order valence-electron chi connectivity index (χ0n) is 13.8. The van der Waals surface area contributed by atoms with Gasteiger partial charge in [-0.1, -0.05) is 0 Å². The Labute approximate surface area is 131 Å². The maximum Gasteiger partial charge on any atom is 0.327 e. The van der Waals surface area contributed by atoms with Crippen LogP contribution < -0.4 is 5.32 Å². The molecular formula is C16H26N4O2. The Bertz CT molecular complexity index is 543. The quantitative estimate of drug-likeness (QED) is 0.812. The molecule has 0 amide bonds. The van der Waals surface area contributed by atoms with Gasteiger partial charge in [-0.2, -0.15) is 5.10 Å². The van der Waals surface area contributed by atoms with Gasteiger partial charge in [0.2, 0.25) is 0 Å². The van der Waals surface area contributed by atoms with Crippen LogP contribution in [0.4, 0.5) is 0 Å². The molecule has 0 bridgehead atoms. The predicted molar refractivity (Wildman–Crippen MR) is 83.5 cm³/mol. The molecule has 122 valence electrons. The van der Waals surface area contributed by atoms with Gasteiger partial charge in [0.25, 0.3) is 0 Å². The molecule has 0 spiro atoms. The highest BCUT2D eigenvalue weighted by Crippen LogP contribution is 2.28. The monoisotopic (exact) mass is 306 g/mol. The van der Waals surface area contributed by atoms with Gasteiger partial charge in [0, 0.05) is 30.9 Å². The average molecular weight is 306 g/mol. The molecule has 2 atom stereocenters. The van der Waals surface area contributed by atoms with Gasteiger partial charge in [0.15, 0.2) is 0 Å². The highest BCUT2D eigenvalue weighted by Gasteiger charge is 2.36. The van der Waals surface area contributed by atoms with Crippen molar-refractivity contribution < 1.29 is 9.53 Å². The molecule has 1 aromatic heterocycles. The third-order valence-electron chi connectivity index (χ3n) is 4.96. The van der Waals surface area contributed by atoms with Crippen molar-refractivity contribution in [2.24, 2.45) is 11.8 Å². The molecule has 2 saturated heterocycles. The van der Waals surface area contributed by atoms with Crippen molar-refractivity contribution in [3.63, 3.8) is 0 Å². The molecule has 6 nitrogen and oxygen atoms in total. The number of hydrogen-bond donors (Lipinski definition) is 1. The molecule has 0 unspecified atom stereocenters. The van der Waals surface area contributed by atoms with Gasteiger partial charge in [-0.3, -0.25) is 14.4 Å². The number of nitrogens with zero attached hydrogens (tertiary/aromatic N) is 3. The summed E-state index contributed by atoms with van der Waals surface area (Å²) in [4.78, 5) is 14.2. The maximum absolute atomic E-state index is 11.7. The van der Waals surface area contributed by atoms with Crippen LogP contribution in [0.2, 0.25) is 0 Å². The Morgan fingerprint density at radius 2 is 2.00 bits per heavy atom. The number of aryl methyl sites for hydroxylation is 1. The van der Waals surface area contributed by atoms with Crippen LogP contribution >= 0.6 is 0 Å². The molecule has 2 aliphatic rings. The number of hydrogen-bond acceptors (Lipinski definition) is 5. The van der Waals surface area contributed by atoms with Crippen LogP contribution in [-0.2, 0) is 22.6 Å². The van der Waals surface area contributed by atoms with E-state index in [0.29, 0.717) is 6.61 Å². The smallest absolute Gasteiger partial charge is 0.327 e. The number of nitrogens with one attached hydrogen (secondary N) is 1. The third-order valence-corrected chi connectivity index (χ3v) is 4.96. The highest BCUT2D eigenvalue weighted by molar-refractivity contribution is 5.69. The Balaban J connectivity index is 1.66. The zero-order valence-corrected chi connectivity index (χ0v) is 13.8. The minimum atomic E-state index is -0.221. The minimum Gasteiger partial charge on any atom is -0.465 e. The number of carbonyl (C=O) groups excluding carboxylic acids is 1. The standard InChI is InChI=1S/C16H26N4O2/c1-4-22-16(21)10-20-12(3)15(11(2)18-20)9-19-7-13-5-17-6-14(13)8-19/h13-14,17H,4-10H2,1-3H3/t13-,14+. The van der Waals surface area contributed by atoms with Gasteiger partial charge in [0.05, 0.1) is 12.3 Å². The van der Waals surface area contributed by atoms with Crippen molar-refractivity contribution in [3.05, 3.63) is 17.0 Å². The Hall–Kier alpha value is -1.40. The second kappa shape index (κ2) is 6.38. The van der Waals surface area contributed by atoms with Crippen LogP contribution in [0.25, 0.3) is 0 Å². The van der Waals surface area contributed by atoms with Crippen molar-refractivity contribution in [1.29, 1.82) is 0 Å². The fourth-order valence-electron chi connectivity index (χ4n) is 3.75. The molecule has 3 rings (SSSR count). The number of carbonyl (C=O) groups is 1. The summed E-state index contributed by atoms with van der Waals surface area (Å²) in [5.41, 5.74) is 3.37. The van der Waals surface area contributed by atoms with E-state index in [1.54, 1.807) is 4.68 Å². The largest absolute Gasteiger partial charge is 0.465 e. The van der Waals surface area contributed by atoms with Crippen LogP contribution in [0.5, 0.6) is 0 Å². The summed E-state index contributed by atoms with van der Waals surface area (Å²) in [5, 5.41) is 8.00. The summed E-state index contributed by atoms with van der Waals surface area (Å²) in [6.45, 7) is 12.1. The minimum absolute atomic E-state index is 0.204. The number of aromatic nitrogens is 2. The zero-order chi connectivity index (χ0) is 15.7. The topological polar surface area (TPSA) is 59.4 Å². The highest BCUT2D eigenvalue weighted by atomic mass is 16.5. The van der Waals surface area contributed by atoms with E-state index in [0.717, 1.165) is 42.9 Å². The molecule has 2 fully saturated rings. The van der Waals surface area contributed by atoms with E-state index in [1.807, 2.05) is 20.8 Å². The van der Waals surface area contributed by atoms with Crippen molar-refractivity contribution in [2.75, 3.05) is 32.8 Å². The van der Waals surface area contributed by atoms with Gasteiger partial charge in [-0.05, 0) is 45.7 Å². The first kappa shape index (κ1) is 15.5. The third kappa shape index (κ3) is 3.03. The fraction of sp³-hybridized carbons (Fsp3) is 0.750. The van der Waals surface area contributed by atoms with Crippen molar-refractivity contribution in [2.45, 2.75) is 33.9 Å². The van der Waals surface area contributed by atoms with Crippen LogP contribution in [0.3, 0.4) is 0 Å². The summed E-state index contributed by atoms with van der Waals surface area (Å²) in [5.74, 6) is 1.38. The number of ether oxygens (including phenoxy) is 1. The predicted octanol–water partition coefficient (Wildman–Crippen LogP) is 0.714. The molecule has 6 heteroatoms. The SMILES string of the molecule is CCOC(=O)Cn1nc(C)c(CN2C[C@H]3CNC[C@H]3C2)c1C. The van der Waals surface area contributed by atoms with E-state index >= 15 is 0 Å². The van der Waals surface area contributed by atoms with Crippen LogP contribution in [0.1, 0.15) is 23.9 Å². The van der Waals surface area contributed by atoms with Gasteiger partial charge >= 0.3 is 5.97 Å². The van der Waals surface area contributed by atoms with E-state index in [4.69, 9.17) is 4.74 Å². The molecule has 1 aromatic rings.